The molecule has 130 valence electrons. The van der Waals surface area contributed by atoms with Gasteiger partial charge in [0.25, 0.3) is 5.78 Å². The maximum atomic E-state index is 4.40. The van der Waals surface area contributed by atoms with E-state index in [0.29, 0.717) is 18.1 Å². The van der Waals surface area contributed by atoms with Crippen LogP contribution in [-0.4, -0.2) is 24.6 Å². The molecule has 0 radical (unpaired) electrons. The van der Waals surface area contributed by atoms with Gasteiger partial charge in [0.05, 0.1) is 0 Å². The van der Waals surface area contributed by atoms with E-state index in [9.17, 15) is 0 Å². The summed E-state index contributed by atoms with van der Waals surface area (Å²) in [5.41, 5.74) is 4.13. The number of pyridine rings is 1. The minimum Gasteiger partial charge on any atom is -0.366 e. The van der Waals surface area contributed by atoms with Crippen molar-refractivity contribution in [2.75, 3.05) is 10.6 Å². The monoisotopic (exact) mass is 345 g/mol. The number of hydrogen-bond donors (Lipinski definition) is 2. The van der Waals surface area contributed by atoms with E-state index < -0.39 is 0 Å². The summed E-state index contributed by atoms with van der Waals surface area (Å²) in [5, 5.41) is 11.2. The van der Waals surface area contributed by atoms with Crippen molar-refractivity contribution in [3.8, 4) is 0 Å². The van der Waals surface area contributed by atoms with E-state index in [2.05, 4.69) is 54.9 Å². The number of benzene rings is 1. The van der Waals surface area contributed by atoms with E-state index in [4.69, 9.17) is 0 Å². The first-order chi connectivity index (χ1) is 12.7. The topological polar surface area (TPSA) is 80.0 Å². The van der Waals surface area contributed by atoms with Crippen molar-refractivity contribution in [2.45, 2.75) is 20.4 Å². The third kappa shape index (κ3) is 3.46. The molecule has 7 nitrogen and oxygen atoms in total. The molecule has 0 saturated heterocycles. The van der Waals surface area contributed by atoms with Crippen LogP contribution in [0.3, 0.4) is 0 Å². The van der Waals surface area contributed by atoms with Crippen LogP contribution in [-0.2, 0) is 6.54 Å². The van der Waals surface area contributed by atoms with Gasteiger partial charge in [-0.05, 0) is 43.7 Å². The molecular formula is C19H19N7. The minimum absolute atomic E-state index is 0.613. The second-order valence-corrected chi connectivity index (χ2v) is 6.06. The SMILES string of the molecule is Cc1cc(NCc2ccc(Nc3ccncc3)cc2)n2nc(C)nc2n1. The Morgan fingerprint density at radius 1 is 0.923 bits per heavy atom. The molecule has 0 unspecified atom stereocenters. The van der Waals surface area contributed by atoms with Gasteiger partial charge in [-0.1, -0.05) is 12.1 Å². The summed E-state index contributed by atoms with van der Waals surface area (Å²) >= 11 is 0. The fraction of sp³-hybridized carbons (Fsp3) is 0.158. The highest BCUT2D eigenvalue weighted by atomic mass is 15.4. The lowest BCUT2D eigenvalue weighted by molar-refractivity contribution is 0.900. The summed E-state index contributed by atoms with van der Waals surface area (Å²) in [7, 11) is 0. The van der Waals surface area contributed by atoms with E-state index >= 15 is 0 Å². The summed E-state index contributed by atoms with van der Waals surface area (Å²) in [4.78, 5) is 12.7. The van der Waals surface area contributed by atoms with Crippen molar-refractivity contribution < 1.29 is 0 Å². The van der Waals surface area contributed by atoms with Gasteiger partial charge in [-0.25, -0.2) is 4.98 Å². The number of rotatable bonds is 5. The molecule has 4 aromatic rings. The molecule has 0 aliphatic heterocycles. The molecule has 0 amide bonds. The highest BCUT2D eigenvalue weighted by Gasteiger charge is 2.07. The Kier molecular flexibility index (Phi) is 4.18. The maximum Gasteiger partial charge on any atom is 0.254 e. The molecule has 4 rings (SSSR count). The molecule has 2 N–H and O–H groups in total. The zero-order valence-electron chi connectivity index (χ0n) is 14.6. The van der Waals surface area contributed by atoms with E-state index in [1.54, 1.807) is 16.9 Å². The normalized spacial score (nSPS) is 10.8. The minimum atomic E-state index is 0.613. The lowest BCUT2D eigenvalue weighted by Crippen LogP contribution is -2.07. The van der Waals surface area contributed by atoms with Crippen molar-refractivity contribution in [1.82, 2.24) is 24.6 Å². The van der Waals surface area contributed by atoms with Gasteiger partial charge in [-0.3, -0.25) is 4.98 Å². The fourth-order valence-electron chi connectivity index (χ4n) is 2.71. The number of anilines is 3. The third-order valence-electron chi connectivity index (χ3n) is 3.94. The molecule has 0 aliphatic rings. The van der Waals surface area contributed by atoms with E-state index in [-0.39, 0.29) is 0 Å². The van der Waals surface area contributed by atoms with Crippen LogP contribution in [0.15, 0.2) is 54.9 Å². The number of nitrogens with one attached hydrogen (secondary N) is 2. The molecule has 3 heterocycles. The van der Waals surface area contributed by atoms with Crippen molar-refractivity contribution in [1.29, 1.82) is 0 Å². The van der Waals surface area contributed by atoms with Gasteiger partial charge in [-0.2, -0.15) is 9.50 Å². The molecule has 1 aromatic carbocycles. The molecule has 3 aromatic heterocycles. The van der Waals surface area contributed by atoms with Crippen LogP contribution in [0.2, 0.25) is 0 Å². The van der Waals surface area contributed by atoms with Crippen LogP contribution in [0.1, 0.15) is 17.1 Å². The highest BCUT2D eigenvalue weighted by molar-refractivity contribution is 5.59. The quantitative estimate of drug-likeness (QED) is 0.576. The summed E-state index contributed by atoms with van der Waals surface area (Å²) in [6.07, 6.45) is 3.54. The number of aromatic nitrogens is 5. The molecule has 7 heteroatoms. The molecule has 0 aliphatic carbocycles. The van der Waals surface area contributed by atoms with E-state index in [1.807, 2.05) is 32.0 Å². The number of hydrogen-bond acceptors (Lipinski definition) is 6. The molecule has 26 heavy (non-hydrogen) atoms. The zero-order valence-corrected chi connectivity index (χ0v) is 14.6. The summed E-state index contributed by atoms with van der Waals surface area (Å²) < 4.78 is 1.74. The van der Waals surface area contributed by atoms with Crippen molar-refractivity contribution in [2.24, 2.45) is 0 Å². The van der Waals surface area contributed by atoms with Crippen LogP contribution in [0.25, 0.3) is 5.78 Å². The van der Waals surface area contributed by atoms with Crippen LogP contribution in [0, 0.1) is 13.8 Å². The Bertz CT molecular complexity index is 1020. The second-order valence-electron chi connectivity index (χ2n) is 6.06. The summed E-state index contributed by atoms with van der Waals surface area (Å²) in [6, 6.07) is 14.2. The highest BCUT2D eigenvalue weighted by Crippen LogP contribution is 2.17. The molecule has 0 bridgehead atoms. The molecule has 0 spiro atoms. The van der Waals surface area contributed by atoms with Gasteiger partial charge < -0.3 is 10.6 Å². The number of nitrogens with zero attached hydrogens (tertiary/aromatic N) is 5. The Labute approximate surface area is 151 Å². The maximum absolute atomic E-state index is 4.40. The second kappa shape index (κ2) is 6.79. The predicted molar refractivity (Wildman–Crippen MR) is 102 cm³/mol. The Balaban J connectivity index is 1.47. The van der Waals surface area contributed by atoms with Crippen LogP contribution >= 0.6 is 0 Å². The first kappa shape index (κ1) is 16.0. The average molecular weight is 345 g/mol. The third-order valence-corrected chi connectivity index (χ3v) is 3.94. The smallest absolute Gasteiger partial charge is 0.254 e. The van der Waals surface area contributed by atoms with Crippen molar-refractivity contribution in [3.05, 3.63) is 71.9 Å². The lowest BCUT2D eigenvalue weighted by Gasteiger charge is -2.10. The lowest BCUT2D eigenvalue weighted by atomic mass is 10.2. The first-order valence-electron chi connectivity index (χ1n) is 8.38. The fourth-order valence-corrected chi connectivity index (χ4v) is 2.71. The van der Waals surface area contributed by atoms with Gasteiger partial charge in [0.1, 0.15) is 11.6 Å². The largest absolute Gasteiger partial charge is 0.366 e. The predicted octanol–water partition coefficient (Wildman–Crippen LogP) is 3.49. The summed E-state index contributed by atoms with van der Waals surface area (Å²) in [6.45, 7) is 4.50. The van der Waals surface area contributed by atoms with Crippen LogP contribution in [0.5, 0.6) is 0 Å². The Morgan fingerprint density at radius 2 is 1.65 bits per heavy atom. The van der Waals surface area contributed by atoms with Crippen LogP contribution < -0.4 is 10.6 Å². The summed E-state index contributed by atoms with van der Waals surface area (Å²) in [5.74, 6) is 2.20. The van der Waals surface area contributed by atoms with Gasteiger partial charge >= 0.3 is 0 Å². The molecular weight excluding hydrogens is 326 g/mol. The Hall–Kier alpha value is -3.48. The standard InChI is InChI=1S/C19H19N7/c1-13-11-18(26-19(22-13)23-14(2)25-26)21-12-15-3-5-16(6-4-15)24-17-7-9-20-10-8-17/h3-11,21H,12H2,1-2H3,(H,20,24). The van der Waals surface area contributed by atoms with Gasteiger partial charge in [0.15, 0.2) is 0 Å². The van der Waals surface area contributed by atoms with Crippen LogP contribution in [0.4, 0.5) is 17.2 Å². The van der Waals surface area contributed by atoms with Gasteiger partial charge in [0.2, 0.25) is 0 Å². The molecule has 0 saturated carbocycles. The van der Waals surface area contributed by atoms with E-state index in [0.717, 1.165) is 22.9 Å². The number of aryl methyl sites for hydroxylation is 2. The van der Waals surface area contributed by atoms with Crippen molar-refractivity contribution >= 4 is 23.0 Å². The zero-order chi connectivity index (χ0) is 17.9. The molecule has 0 fully saturated rings. The average Bonchev–Trinajstić information content (AvgIpc) is 3.02. The van der Waals surface area contributed by atoms with Crippen molar-refractivity contribution in [3.63, 3.8) is 0 Å². The molecule has 0 atom stereocenters. The van der Waals surface area contributed by atoms with E-state index in [1.165, 1.54) is 5.56 Å². The first-order valence-corrected chi connectivity index (χ1v) is 8.38. The Morgan fingerprint density at radius 3 is 2.42 bits per heavy atom. The van der Waals surface area contributed by atoms with Gasteiger partial charge in [0, 0.05) is 42.1 Å². The number of fused-ring (bicyclic) bond motifs is 1. The van der Waals surface area contributed by atoms with Gasteiger partial charge in [-0.15, -0.1) is 5.10 Å².